The van der Waals surface area contributed by atoms with E-state index in [0.29, 0.717) is 73.0 Å². The number of unbranched alkanes of at least 4 members (excludes halogenated alkanes) is 10. The molecule has 0 spiro atoms. The lowest BCUT2D eigenvalue weighted by molar-refractivity contribution is -0.155. The zero-order valence-electron chi connectivity index (χ0n) is 44.1. The molecule has 4 rings (SSSR count). The van der Waals surface area contributed by atoms with Crippen LogP contribution in [0, 0.1) is 47.3 Å². The first-order valence-electron chi connectivity index (χ1n) is 27.3. The molecule has 0 aromatic rings. The van der Waals surface area contributed by atoms with Crippen LogP contribution in [-0.4, -0.2) is 72.4 Å². The van der Waals surface area contributed by atoms with Crippen LogP contribution in [0.2, 0.25) is 0 Å². The highest BCUT2D eigenvalue weighted by atomic mass is 16.6. The average Bonchev–Trinajstić information content (AvgIpc) is 4.07. The van der Waals surface area contributed by atoms with Crippen molar-refractivity contribution in [2.24, 2.45) is 47.3 Å². The molecule has 4 aliphatic carbocycles. The van der Waals surface area contributed by atoms with Gasteiger partial charge in [-0.25, -0.2) is 0 Å². The molecular formula is C58H92O12. The second-order valence-corrected chi connectivity index (χ2v) is 20.4. The zero-order chi connectivity index (χ0) is 51.6. The molecule has 0 heterocycles. The van der Waals surface area contributed by atoms with E-state index < -0.39 is 12.2 Å². The normalized spacial score (nSPS) is 27.3. The van der Waals surface area contributed by atoms with Gasteiger partial charge in [-0.1, -0.05) is 105 Å². The van der Waals surface area contributed by atoms with E-state index in [4.69, 9.17) is 28.4 Å². The molecule has 0 aromatic heterocycles. The minimum absolute atomic E-state index is 0.0437. The monoisotopic (exact) mass is 981 g/mol. The number of rotatable bonds is 32. The summed E-state index contributed by atoms with van der Waals surface area (Å²) in [6.45, 7) is 25.9. The molecule has 0 aromatic carbocycles. The van der Waals surface area contributed by atoms with E-state index in [2.05, 4.69) is 54.0 Å². The Balaban J connectivity index is 0.000000457. The Morgan fingerprint density at radius 1 is 0.386 bits per heavy atom. The fourth-order valence-corrected chi connectivity index (χ4v) is 12.0. The van der Waals surface area contributed by atoms with E-state index in [0.717, 1.165) is 128 Å². The highest BCUT2D eigenvalue weighted by Crippen LogP contribution is 2.55. The van der Waals surface area contributed by atoms with Crippen molar-refractivity contribution in [3.05, 3.63) is 50.6 Å². The maximum absolute atomic E-state index is 12.8. The number of hydrogen-bond donors (Lipinski definition) is 0. The van der Waals surface area contributed by atoms with Crippen molar-refractivity contribution >= 4 is 35.8 Å². The molecule has 0 amide bonds. The Hall–Kier alpha value is -4.22. The predicted molar refractivity (Wildman–Crippen MR) is 273 cm³/mol. The van der Waals surface area contributed by atoms with E-state index in [9.17, 15) is 28.8 Å². The maximum Gasteiger partial charge on any atom is 0.306 e. The largest absolute Gasteiger partial charge is 0.462 e. The first-order chi connectivity index (χ1) is 33.7. The van der Waals surface area contributed by atoms with Gasteiger partial charge in [-0.15, -0.1) is 0 Å². The summed E-state index contributed by atoms with van der Waals surface area (Å²) in [5.41, 5.74) is 0. The van der Waals surface area contributed by atoms with Gasteiger partial charge in [0, 0.05) is 63.2 Å². The molecule has 8 unspecified atom stereocenters. The molecule has 4 fully saturated rings. The number of carbonyl (C=O) groups excluding carboxylic acids is 6. The van der Waals surface area contributed by atoms with Crippen molar-refractivity contribution in [1.82, 2.24) is 0 Å². The van der Waals surface area contributed by atoms with Crippen molar-refractivity contribution in [1.29, 1.82) is 0 Å². The number of esters is 6. The summed E-state index contributed by atoms with van der Waals surface area (Å²) in [6, 6.07) is 0. The van der Waals surface area contributed by atoms with Crippen LogP contribution < -0.4 is 0 Å². The number of carbonyl (C=O) groups is 6. The zero-order valence-corrected chi connectivity index (χ0v) is 44.1. The van der Waals surface area contributed by atoms with Gasteiger partial charge in [0.25, 0.3) is 0 Å². The summed E-state index contributed by atoms with van der Waals surface area (Å²) >= 11 is 0. The van der Waals surface area contributed by atoms with Gasteiger partial charge in [0.15, 0.2) is 0 Å². The number of ether oxygens (including phenoxy) is 6. The van der Waals surface area contributed by atoms with Crippen molar-refractivity contribution in [3.8, 4) is 0 Å². The minimum atomic E-state index is -0.404. The van der Waals surface area contributed by atoms with Crippen molar-refractivity contribution in [3.63, 3.8) is 0 Å². The molecule has 4 aliphatic rings. The second kappa shape index (κ2) is 32.7. The third kappa shape index (κ3) is 19.4. The lowest BCUT2D eigenvalue weighted by Crippen LogP contribution is -2.28. The van der Waals surface area contributed by atoms with Gasteiger partial charge in [0.1, 0.15) is 36.6 Å². The van der Waals surface area contributed by atoms with Crippen molar-refractivity contribution < 1.29 is 57.2 Å². The molecule has 12 nitrogen and oxygen atoms in total. The standard InChI is InChI=1S/C38H62O8.C20H30O4/c1-7-25-19-31-29(35(25)43-23(5)39)21-27(9-3)37(31)45-33(41)17-15-13-11-12-14-16-18-34(42)46-38-28(10-4)22-30-32(38)20-26(8-2)36(30)44-24(6)40;1-5-17(6-2)23-19(21)15-13-11-9-10-12-14-16-20(22)24-18(7-3)8-4/h25-32,35-38H,7-22H2,1-6H3;5-8,17-18H,1-4,9-16H2/t25?,26?,27?,28?,29?,30?,31?,32?,35-,36+,37+,38-;. The van der Waals surface area contributed by atoms with Crippen LogP contribution in [0.4, 0.5) is 0 Å². The smallest absolute Gasteiger partial charge is 0.306 e. The molecule has 4 saturated carbocycles. The molecule has 0 saturated heterocycles. The van der Waals surface area contributed by atoms with Crippen LogP contribution in [0.3, 0.4) is 0 Å². The Morgan fingerprint density at radius 2 is 0.614 bits per heavy atom. The van der Waals surface area contributed by atoms with Gasteiger partial charge >= 0.3 is 35.8 Å². The first kappa shape index (κ1) is 60.1. The van der Waals surface area contributed by atoms with Crippen LogP contribution >= 0.6 is 0 Å². The third-order valence-electron chi connectivity index (χ3n) is 15.7. The Bertz CT molecular complexity index is 1540. The SMILES string of the molecule is C=CC(C=C)OC(=O)CCCCCCCCC(=O)OC(C=C)C=C.CCC1CC2C(CC(CC)[C@@H]2OC(C)=O)[C@@H]1OC(=O)CCCCCCCCC(=O)O[C@H]1C(CC)CC2C1CC(CC)[C@H]2OC(C)=O. The molecule has 70 heavy (non-hydrogen) atoms. The lowest BCUT2D eigenvalue weighted by Gasteiger charge is -2.25. The van der Waals surface area contributed by atoms with Crippen LogP contribution in [0.15, 0.2) is 50.6 Å². The predicted octanol–water partition coefficient (Wildman–Crippen LogP) is 12.7. The number of hydrogen-bond acceptors (Lipinski definition) is 12. The van der Waals surface area contributed by atoms with Crippen LogP contribution in [0.5, 0.6) is 0 Å². The van der Waals surface area contributed by atoms with Gasteiger partial charge < -0.3 is 28.4 Å². The molecule has 396 valence electrons. The highest BCUT2D eigenvalue weighted by molar-refractivity contribution is 5.71. The quantitative estimate of drug-likeness (QED) is 0.0272. The molecule has 0 bridgehead atoms. The van der Waals surface area contributed by atoms with Gasteiger partial charge in [-0.05, 0) is 125 Å². The Morgan fingerprint density at radius 3 is 0.843 bits per heavy atom. The van der Waals surface area contributed by atoms with Gasteiger partial charge in [0.05, 0.1) is 0 Å². The van der Waals surface area contributed by atoms with E-state index in [-0.39, 0.29) is 60.2 Å². The molecule has 0 aliphatic heterocycles. The topological polar surface area (TPSA) is 158 Å². The van der Waals surface area contributed by atoms with Gasteiger partial charge in [0.2, 0.25) is 0 Å². The molecule has 0 radical (unpaired) electrons. The first-order valence-corrected chi connectivity index (χ1v) is 27.3. The van der Waals surface area contributed by atoms with Crippen LogP contribution in [0.1, 0.15) is 196 Å². The molecule has 12 heteroatoms. The Kier molecular flexibility index (Phi) is 28.1. The van der Waals surface area contributed by atoms with E-state index in [1.54, 1.807) is 24.3 Å². The highest BCUT2D eigenvalue weighted by Gasteiger charge is 2.56. The fraction of sp³-hybridized carbons (Fsp3) is 0.759. The minimum Gasteiger partial charge on any atom is -0.462 e. The van der Waals surface area contributed by atoms with Gasteiger partial charge in [-0.3, -0.25) is 28.8 Å². The summed E-state index contributed by atoms with van der Waals surface area (Å²) in [5.74, 6) is 1.51. The van der Waals surface area contributed by atoms with Crippen molar-refractivity contribution in [2.45, 2.75) is 232 Å². The van der Waals surface area contributed by atoms with E-state index in [1.165, 1.54) is 13.8 Å². The average molecular weight is 981 g/mol. The summed E-state index contributed by atoms with van der Waals surface area (Å²) in [4.78, 5) is 72.3. The molecular weight excluding hydrogens is 889 g/mol. The van der Waals surface area contributed by atoms with E-state index in [1.807, 2.05) is 0 Å². The molecule has 12 atom stereocenters. The summed E-state index contributed by atoms with van der Waals surface area (Å²) in [7, 11) is 0. The summed E-state index contributed by atoms with van der Waals surface area (Å²) in [5, 5.41) is 0. The third-order valence-corrected chi connectivity index (χ3v) is 15.7. The van der Waals surface area contributed by atoms with Gasteiger partial charge in [-0.2, -0.15) is 0 Å². The summed E-state index contributed by atoms with van der Waals surface area (Å²) < 4.78 is 34.0. The van der Waals surface area contributed by atoms with E-state index >= 15 is 0 Å². The maximum atomic E-state index is 12.8. The summed E-state index contributed by atoms with van der Waals surface area (Å²) in [6.07, 6.45) is 26.0. The van der Waals surface area contributed by atoms with Crippen molar-refractivity contribution in [2.75, 3.05) is 0 Å². The lowest BCUT2D eigenvalue weighted by atomic mass is 9.92. The van der Waals surface area contributed by atoms with Crippen LogP contribution in [-0.2, 0) is 57.2 Å². The molecule has 0 N–H and O–H groups in total. The number of fused-ring (bicyclic) bond motifs is 2. The second-order valence-electron chi connectivity index (χ2n) is 20.4. The fourth-order valence-electron chi connectivity index (χ4n) is 12.0. The Labute approximate surface area is 421 Å². The van der Waals surface area contributed by atoms with Crippen LogP contribution in [0.25, 0.3) is 0 Å².